The molecule has 0 radical (unpaired) electrons. The van der Waals surface area contributed by atoms with Crippen LogP contribution in [0.2, 0.25) is 0 Å². The molecule has 27 heavy (non-hydrogen) atoms. The normalized spacial score (nSPS) is 11.1. The van der Waals surface area contributed by atoms with Crippen LogP contribution in [0.5, 0.6) is 5.75 Å². The van der Waals surface area contributed by atoms with E-state index in [1.807, 2.05) is 6.92 Å². The Morgan fingerprint density at radius 2 is 1.67 bits per heavy atom. The Balaban J connectivity index is 2.03. The van der Waals surface area contributed by atoms with E-state index in [9.17, 15) is 23.6 Å². The summed E-state index contributed by atoms with van der Waals surface area (Å²) in [4.78, 5) is 10.4. The molecule has 3 aromatic rings. The van der Waals surface area contributed by atoms with Crippen LogP contribution >= 0.6 is 0 Å². The van der Waals surface area contributed by atoms with Crippen molar-refractivity contribution in [3.05, 3.63) is 82.4 Å². The fraction of sp³-hybridized carbons (Fsp3) is 0.0526. The molecule has 8 heteroatoms. The lowest BCUT2D eigenvalue weighted by molar-refractivity contribution is -0.383. The molecule has 0 fully saturated rings. The van der Waals surface area contributed by atoms with Crippen molar-refractivity contribution in [2.24, 2.45) is 0 Å². The number of sulfone groups is 1. The minimum Gasteiger partial charge on any atom is -0.507 e. The van der Waals surface area contributed by atoms with Crippen LogP contribution in [0.1, 0.15) is 5.56 Å². The number of nitrogens with zero attached hydrogens (tertiary/aromatic N) is 1. The summed E-state index contributed by atoms with van der Waals surface area (Å²) in [6.07, 6.45) is 0. The maximum atomic E-state index is 12.8. The maximum absolute atomic E-state index is 12.8. The summed E-state index contributed by atoms with van der Waals surface area (Å²) < 4.78 is 25.7. The molecule has 0 saturated carbocycles. The molecule has 0 aliphatic heterocycles. The predicted molar refractivity (Wildman–Crippen MR) is 101 cm³/mol. The number of aryl methyl sites for hydroxylation is 1. The number of nitro benzene ring substituents is 1. The van der Waals surface area contributed by atoms with E-state index in [2.05, 4.69) is 5.32 Å². The third-order valence-corrected chi connectivity index (χ3v) is 5.76. The molecule has 0 bridgehead atoms. The summed E-state index contributed by atoms with van der Waals surface area (Å²) in [5.41, 5.74) is 1.28. The van der Waals surface area contributed by atoms with Gasteiger partial charge in [-0.05, 0) is 43.3 Å². The smallest absolute Gasteiger partial charge is 0.292 e. The SMILES string of the molecule is Cc1ccc(S(=O)(=O)c2cc(Nc3ccccc3[N+](=O)[O-])ccc2O)cc1. The molecular formula is C19H16N2O5S. The molecule has 0 aliphatic carbocycles. The zero-order chi connectivity index (χ0) is 19.6. The summed E-state index contributed by atoms with van der Waals surface area (Å²) in [5.74, 6) is -0.399. The molecule has 0 atom stereocenters. The van der Waals surface area contributed by atoms with Gasteiger partial charge >= 0.3 is 0 Å². The highest BCUT2D eigenvalue weighted by atomic mass is 32.2. The molecule has 0 saturated heterocycles. The lowest BCUT2D eigenvalue weighted by Gasteiger charge is -2.11. The first-order valence-corrected chi connectivity index (χ1v) is 9.42. The van der Waals surface area contributed by atoms with Crippen molar-refractivity contribution in [2.75, 3.05) is 5.32 Å². The highest BCUT2D eigenvalue weighted by Gasteiger charge is 2.22. The second kappa shape index (κ2) is 7.08. The van der Waals surface area contributed by atoms with E-state index in [4.69, 9.17) is 0 Å². The first kappa shape index (κ1) is 18.4. The van der Waals surface area contributed by atoms with Crippen LogP contribution in [0.4, 0.5) is 17.1 Å². The number of nitrogens with one attached hydrogen (secondary N) is 1. The van der Waals surface area contributed by atoms with Gasteiger partial charge in [-0.1, -0.05) is 29.8 Å². The van der Waals surface area contributed by atoms with Gasteiger partial charge in [-0.3, -0.25) is 10.1 Å². The van der Waals surface area contributed by atoms with E-state index in [1.165, 1.54) is 48.5 Å². The van der Waals surface area contributed by atoms with Crippen molar-refractivity contribution < 1.29 is 18.4 Å². The number of hydrogen-bond acceptors (Lipinski definition) is 6. The predicted octanol–water partition coefficient (Wildman–Crippen LogP) is 4.19. The fourth-order valence-electron chi connectivity index (χ4n) is 2.55. The van der Waals surface area contributed by atoms with Crippen LogP contribution in [-0.4, -0.2) is 18.4 Å². The highest BCUT2D eigenvalue weighted by Crippen LogP contribution is 2.33. The largest absolute Gasteiger partial charge is 0.507 e. The van der Waals surface area contributed by atoms with Crippen LogP contribution in [0, 0.1) is 17.0 Å². The van der Waals surface area contributed by atoms with Gasteiger partial charge in [0.05, 0.1) is 9.82 Å². The molecular weight excluding hydrogens is 368 g/mol. The van der Waals surface area contributed by atoms with Crippen LogP contribution in [0.3, 0.4) is 0 Å². The van der Waals surface area contributed by atoms with Gasteiger partial charge in [0.1, 0.15) is 16.3 Å². The number of nitro groups is 1. The van der Waals surface area contributed by atoms with Gasteiger partial charge in [-0.15, -0.1) is 0 Å². The average molecular weight is 384 g/mol. The van der Waals surface area contributed by atoms with Gasteiger partial charge in [0.25, 0.3) is 5.69 Å². The Labute approximate surface area is 156 Å². The van der Waals surface area contributed by atoms with Gasteiger partial charge in [0.15, 0.2) is 0 Å². The second-order valence-electron chi connectivity index (χ2n) is 5.90. The van der Waals surface area contributed by atoms with Crippen molar-refractivity contribution in [2.45, 2.75) is 16.7 Å². The van der Waals surface area contributed by atoms with Crippen molar-refractivity contribution >= 4 is 26.9 Å². The molecule has 3 aromatic carbocycles. The Kier molecular flexibility index (Phi) is 4.83. The fourth-order valence-corrected chi connectivity index (χ4v) is 3.92. The van der Waals surface area contributed by atoms with Gasteiger partial charge in [-0.2, -0.15) is 0 Å². The van der Waals surface area contributed by atoms with Gasteiger partial charge in [0, 0.05) is 11.8 Å². The number of aromatic hydroxyl groups is 1. The van der Waals surface area contributed by atoms with E-state index < -0.39 is 20.5 Å². The zero-order valence-electron chi connectivity index (χ0n) is 14.3. The number of benzene rings is 3. The highest BCUT2D eigenvalue weighted by molar-refractivity contribution is 7.91. The Bertz CT molecular complexity index is 1110. The summed E-state index contributed by atoms with van der Waals surface area (Å²) in [6.45, 7) is 1.84. The monoisotopic (exact) mass is 384 g/mol. The van der Waals surface area contributed by atoms with Gasteiger partial charge in [0.2, 0.25) is 9.84 Å². The standard InChI is InChI=1S/C19H16N2O5S/c1-13-6-9-15(10-7-13)27(25,26)19-12-14(8-11-18(19)22)20-16-4-2-3-5-17(16)21(23)24/h2-12,20,22H,1H3. The number of phenolic OH excluding ortho intramolecular Hbond substituents is 1. The molecule has 0 heterocycles. The Morgan fingerprint density at radius 3 is 2.33 bits per heavy atom. The number of rotatable bonds is 5. The summed E-state index contributed by atoms with van der Waals surface area (Å²) >= 11 is 0. The van der Waals surface area contributed by atoms with E-state index in [1.54, 1.807) is 18.2 Å². The number of phenols is 1. The first-order chi connectivity index (χ1) is 12.8. The molecule has 7 nitrogen and oxygen atoms in total. The van der Waals surface area contributed by atoms with Crippen LogP contribution in [0.15, 0.2) is 76.5 Å². The van der Waals surface area contributed by atoms with Crippen molar-refractivity contribution in [1.82, 2.24) is 0 Å². The van der Waals surface area contributed by atoms with Crippen LogP contribution < -0.4 is 5.32 Å². The minimum atomic E-state index is -3.95. The molecule has 0 aromatic heterocycles. The molecule has 2 N–H and O–H groups in total. The zero-order valence-corrected chi connectivity index (χ0v) is 15.1. The van der Waals surface area contributed by atoms with E-state index in [0.29, 0.717) is 5.69 Å². The molecule has 0 amide bonds. The lowest BCUT2D eigenvalue weighted by Crippen LogP contribution is -2.04. The number of para-hydroxylation sites is 2. The number of hydrogen-bond donors (Lipinski definition) is 2. The topological polar surface area (TPSA) is 110 Å². The molecule has 3 rings (SSSR count). The summed E-state index contributed by atoms with van der Waals surface area (Å²) in [7, 11) is -3.95. The summed E-state index contributed by atoms with van der Waals surface area (Å²) in [5, 5.41) is 24.1. The van der Waals surface area contributed by atoms with E-state index in [0.717, 1.165) is 5.56 Å². The Morgan fingerprint density at radius 1 is 1.00 bits per heavy atom. The lowest BCUT2D eigenvalue weighted by atomic mass is 10.2. The van der Waals surface area contributed by atoms with Gasteiger partial charge < -0.3 is 10.4 Å². The third kappa shape index (κ3) is 3.75. The molecule has 0 aliphatic rings. The summed E-state index contributed by atoms with van der Waals surface area (Å²) in [6, 6.07) is 16.2. The second-order valence-corrected chi connectivity index (χ2v) is 7.82. The number of anilines is 2. The maximum Gasteiger partial charge on any atom is 0.292 e. The van der Waals surface area contributed by atoms with Crippen molar-refractivity contribution in [1.29, 1.82) is 0 Å². The average Bonchev–Trinajstić information content (AvgIpc) is 2.64. The molecule has 138 valence electrons. The minimum absolute atomic E-state index is 0.0474. The van der Waals surface area contributed by atoms with Crippen molar-refractivity contribution in [3.8, 4) is 5.75 Å². The van der Waals surface area contributed by atoms with Gasteiger partial charge in [-0.25, -0.2) is 8.42 Å². The van der Waals surface area contributed by atoms with E-state index in [-0.39, 0.29) is 21.2 Å². The Hall–Kier alpha value is -3.39. The molecule has 0 spiro atoms. The first-order valence-electron chi connectivity index (χ1n) is 7.94. The van der Waals surface area contributed by atoms with Crippen LogP contribution in [0.25, 0.3) is 0 Å². The van der Waals surface area contributed by atoms with Crippen molar-refractivity contribution in [3.63, 3.8) is 0 Å². The van der Waals surface area contributed by atoms with Crippen LogP contribution in [-0.2, 0) is 9.84 Å². The van der Waals surface area contributed by atoms with E-state index >= 15 is 0 Å². The third-order valence-electron chi connectivity index (χ3n) is 3.96. The molecule has 0 unspecified atom stereocenters. The quantitative estimate of drug-likeness (QED) is 0.388.